The van der Waals surface area contributed by atoms with E-state index in [0.29, 0.717) is 19.4 Å². The maximum absolute atomic E-state index is 11.1. The van der Waals surface area contributed by atoms with Crippen molar-refractivity contribution >= 4 is 23.4 Å². The first kappa shape index (κ1) is 15.5. The summed E-state index contributed by atoms with van der Waals surface area (Å²) in [6.07, 6.45) is 2.36. The number of hydrogen-bond donors (Lipinski definition) is 2. The predicted molar refractivity (Wildman–Crippen MR) is 69.8 cm³/mol. The number of halogens is 1. The molecule has 1 unspecified atom stereocenters. The zero-order valence-electron chi connectivity index (χ0n) is 10.7. The van der Waals surface area contributed by atoms with Crippen LogP contribution in [0.3, 0.4) is 0 Å². The Morgan fingerprint density at radius 1 is 1.58 bits per heavy atom. The molecule has 2 N–H and O–H groups in total. The second-order valence-electron chi connectivity index (χ2n) is 3.72. The molecular weight excluding hydrogens is 274 g/mol. The number of aromatic nitrogens is 2. The van der Waals surface area contributed by atoms with Crippen molar-refractivity contribution < 1.29 is 19.4 Å². The highest BCUT2D eigenvalue weighted by Crippen LogP contribution is 2.21. The fourth-order valence-corrected chi connectivity index (χ4v) is 1.55. The molecule has 106 valence electrons. The van der Waals surface area contributed by atoms with Crippen molar-refractivity contribution in [1.82, 2.24) is 9.97 Å². The third-order valence-electron chi connectivity index (χ3n) is 2.35. The summed E-state index contributed by atoms with van der Waals surface area (Å²) in [5.41, 5.74) is 0. The van der Waals surface area contributed by atoms with Gasteiger partial charge in [0.05, 0.1) is 13.3 Å². The standard InChI is InChI=1S/C11H16ClN3O4/c1-18-5-3-4-8(10(16)17)14-9-7(12)6-13-11(15-9)19-2/h6,8H,3-5H2,1-2H3,(H,16,17)(H,13,14,15). The number of rotatable bonds is 8. The number of carboxylic acid groups (broad SMARTS) is 1. The van der Waals surface area contributed by atoms with E-state index in [0.717, 1.165) is 0 Å². The van der Waals surface area contributed by atoms with E-state index in [1.54, 1.807) is 7.11 Å². The van der Waals surface area contributed by atoms with Crippen LogP contribution in [0, 0.1) is 0 Å². The van der Waals surface area contributed by atoms with Crippen LogP contribution >= 0.6 is 11.6 Å². The molecule has 0 aliphatic rings. The maximum atomic E-state index is 11.1. The van der Waals surface area contributed by atoms with E-state index in [1.165, 1.54) is 13.3 Å². The highest BCUT2D eigenvalue weighted by atomic mass is 35.5. The van der Waals surface area contributed by atoms with Crippen molar-refractivity contribution in [2.24, 2.45) is 0 Å². The van der Waals surface area contributed by atoms with Crippen molar-refractivity contribution in [3.8, 4) is 6.01 Å². The van der Waals surface area contributed by atoms with Gasteiger partial charge in [0.2, 0.25) is 0 Å². The number of methoxy groups -OCH3 is 2. The van der Waals surface area contributed by atoms with Crippen LogP contribution in [0.15, 0.2) is 6.20 Å². The molecule has 0 saturated carbocycles. The number of carboxylic acids is 1. The Balaban J connectivity index is 2.75. The lowest BCUT2D eigenvalue weighted by Gasteiger charge is -2.15. The number of aliphatic carboxylic acids is 1. The number of ether oxygens (including phenoxy) is 2. The van der Waals surface area contributed by atoms with Crippen molar-refractivity contribution in [2.45, 2.75) is 18.9 Å². The summed E-state index contributed by atoms with van der Waals surface area (Å²) in [5, 5.41) is 12.1. The Morgan fingerprint density at radius 2 is 2.32 bits per heavy atom. The molecule has 1 rings (SSSR count). The van der Waals surface area contributed by atoms with Crippen LogP contribution in [-0.4, -0.2) is 47.9 Å². The minimum Gasteiger partial charge on any atom is -0.480 e. The highest BCUT2D eigenvalue weighted by Gasteiger charge is 2.19. The molecule has 0 fully saturated rings. The Hall–Kier alpha value is -1.60. The summed E-state index contributed by atoms with van der Waals surface area (Å²) in [7, 11) is 2.98. The van der Waals surface area contributed by atoms with Gasteiger partial charge in [-0.05, 0) is 12.8 Å². The Kier molecular flexibility index (Phi) is 6.31. The minimum absolute atomic E-state index is 0.118. The second kappa shape index (κ2) is 7.75. The molecule has 0 saturated heterocycles. The molecule has 1 atom stereocenters. The Bertz CT molecular complexity index is 430. The molecule has 0 aromatic carbocycles. The third kappa shape index (κ3) is 4.88. The summed E-state index contributed by atoms with van der Waals surface area (Å²) >= 11 is 5.90. The average Bonchev–Trinajstić information content (AvgIpc) is 2.39. The van der Waals surface area contributed by atoms with Gasteiger partial charge in [-0.25, -0.2) is 9.78 Å². The van der Waals surface area contributed by atoms with Gasteiger partial charge < -0.3 is 19.9 Å². The second-order valence-corrected chi connectivity index (χ2v) is 4.13. The molecule has 0 radical (unpaired) electrons. The molecule has 0 amide bonds. The van der Waals surface area contributed by atoms with Crippen LogP contribution in [0.2, 0.25) is 5.02 Å². The molecule has 1 heterocycles. The summed E-state index contributed by atoms with van der Waals surface area (Å²) in [4.78, 5) is 18.9. The molecule has 0 bridgehead atoms. The topological polar surface area (TPSA) is 93.6 Å². The SMILES string of the molecule is COCCCC(Nc1nc(OC)ncc1Cl)C(=O)O. The van der Waals surface area contributed by atoms with Gasteiger partial charge in [0.25, 0.3) is 0 Å². The van der Waals surface area contributed by atoms with Gasteiger partial charge in [-0.1, -0.05) is 11.6 Å². The molecule has 0 aliphatic heterocycles. The van der Waals surface area contributed by atoms with E-state index < -0.39 is 12.0 Å². The van der Waals surface area contributed by atoms with Gasteiger partial charge in [0.15, 0.2) is 5.82 Å². The van der Waals surface area contributed by atoms with Gasteiger partial charge in [-0.15, -0.1) is 0 Å². The van der Waals surface area contributed by atoms with Gasteiger partial charge in [-0.2, -0.15) is 4.98 Å². The molecule has 19 heavy (non-hydrogen) atoms. The maximum Gasteiger partial charge on any atom is 0.326 e. The average molecular weight is 290 g/mol. The van der Waals surface area contributed by atoms with E-state index in [-0.39, 0.29) is 16.9 Å². The quantitative estimate of drug-likeness (QED) is 0.699. The lowest BCUT2D eigenvalue weighted by Crippen LogP contribution is -2.30. The smallest absolute Gasteiger partial charge is 0.326 e. The van der Waals surface area contributed by atoms with Crippen molar-refractivity contribution in [3.05, 3.63) is 11.2 Å². The summed E-state index contributed by atoms with van der Waals surface area (Å²) in [6.45, 7) is 0.492. The van der Waals surface area contributed by atoms with Gasteiger partial charge in [0, 0.05) is 13.7 Å². The van der Waals surface area contributed by atoms with E-state index in [2.05, 4.69) is 15.3 Å². The van der Waals surface area contributed by atoms with E-state index in [9.17, 15) is 4.79 Å². The Labute approximate surface area is 115 Å². The molecule has 0 aliphatic carbocycles. The molecule has 1 aromatic heterocycles. The van der Waals surface area contributed by atoms with Crippen LogP contribution in [0.1, 0.15) is 12.8 Å². The highest BCUT2D eigenvalue weighted by molar-refractivity contribution is 6.32. The molecular formula is C11H16ClN3O4. The van der Waals surface area contributed by atoms with E-state index in [4.69, 9.17) is 26.2 Å². The van der Waals surface area contributed by atoms with E-state index in [1.807, 2.05) is 0 Å². The number of hydrogen-bond acceptors (Lipinski definition) is 6. The normalized spacial score (nSPS) is 11.9. The van der Waals surface area contributed by atoms with Gasteiger partial charge in [0.1, 0.15) is 11.1 Å². The zero-order chi connectivity index (χ0) is 14.3. The largest absolute Gasteiger partial charge is 0.480 e. The predicted octanol–water partition coefficient (Wildman–Crippen LogP) is 1.43. The monoisotopic (exact) mass is 289 g/mol. The van der Waals surface area contributed by atoms with Crippen molar-refractivity contribution in [2.75, 3.05) is 26.1 Å². The fraction of sp³-hybridized carbons (Fsp3) is 0.545. The molecule has 0 spiro atoms. The van der Waals surface area contributed by atoms with Crippen LogP contribution in [-0.2, 0) is 9.53 Å². The summed E-state index contributed by atoms with van der Waals surface area (Å²) in [5.74, 6) is -0.747. The van der Waals surface area contributed by atoms with Gasteiger partial charge in [-0.3, -0.25) is 0 Å². The van der Waals surface area contributed by atoms with Crippen LogP contribution in [0.4, 0.5) is 5.82 Å². The number of nitrogens with one attached hydrogen (secondary N) is 1. The molecule has 7 nitrogen and oxygen atoms in total. The first-order valence-corrected chi connectivity index (χ1v) is 6.01. The first-order valence-electron chi connectivity index (χ1n) is 5.63. The first-order chi connectivity index (χ1) is 9.08. The van der Waals surface area contributed by atoms with Crippen molar-refractivity contribution in [1.29, 1.82) is 0 Å². The summed E-state index contributed by atoms with van der Waals surface area (Å²) in [6, 6.07) is -0.680. The minimum atomic E-state index is -0.982. The lowest BCUT2D eigenvalue weighted by molar-refractivity contribution is -0.138. The fourth-order valence-electron chi connectivity index (χ4n) is 1.40. The number of nitrogens with zero attached hydrogens (tertiary/aromatic N) is 2. The van der Waals surface area contributed by atoms with E-state index >= 15 is 0 Å². The number of carbonyl (C=O) groups is 1. The van der Waals surface area contributed by atoms with Crippen LogP contribution in [0.5, 0.6) is 6.01 Å². The van der Waals surface area contributed by atoms with Gasteiger partial charge >= 0.3 is 12.0 Å². The van der Waals surface area contributed by atoms with Crippen LogP contribution in [0.25, 0.3) is 0 Å². The molecule has 8 heteroatoms. The Morgan fingerprint density at radius 3 is 2.89 bits per heavy atom. The number of anilines is 1. The van der Waals surface area contributed by atoms with Crippen LogP contribution < -0.4 is 10.1 Å². The third-order valence-corrected chi connectivity index (χ3v) is 2.63. The molecule has 1 aromatic rings. The lowest BCUT2D eigenvalue weighted by atomic mass is 10.1. The zero-order valence-corrected chi connectivity index (χ0v) is 11.5. The van der Waals surface area contributed by atoms with Crippen molar-refractivity contribution in [3.63, 3.8) is 0 Å². The summed E-state index contributed by atoms with van der Waals surface area (Å²) < 4.78 is 9.75.